The lowest BCUT2D eigenvalue weighted by atomic mass is 10.1. The largest absolute Gasteiger partial charge is 0.492 e. The van der Waals surface area contributed by atoms with Crippen LogP contribution < -0.4 is 14.4 Å². The Hall–Kier alpha value is -3.07. The fourth-order valence-electron chi connectivity index (χ4n) is 3.64. The van der Waals surface area contributed by atoms with Gasteiger partial charge in [-0.15, -0.1) is 0 Å². The minimum absolute atomic E-state index is 0.180. The molecule has 8 nitrogen and oxygen atoms in total. The summed E-state index contributed by atoms with van der Waals surface area (Å²) >= 11 is 0. The fourth-order valence-corrected chi connectivity index (χ4v) is 4.49. The van der Waals surface area contributed by atoms with E-state index in [0.29, 0.717) is 25.3 Å². The molecule has 2 rings (SSSR count). The standard InChI is InChI=1S/C25H35N3O5S/c1-6-21(25(30)26-7-2)27(17-20-15-13-19(4)14-16-20)24(29)18-28(34(5,31)32)22-11-9-10-12-23(22)33-8-3/h9-16,21H,6-8,17-18H2,1-5H3,(H,26,30). The van der Waals surface area contributed by atoms with Gasteiger partial charge in [0.05, 0.1) is 18.6 Å². The average Bonchev–Trinajstić information content (AvgIpc) is 2.78. The number of anilines is 1. The van der Waals surface area contributed by atoms with Crippen LogP contribution in [-0.4, -0.2) is 57.1 Å². The number of aryl methyl sites for hydroxylation is 1. The SMILES string of the molecule is CCNC(=O)C(CC)N(Cc1ccc(C)cc1)C(=O)CN(c1ccccc1OCC)S(C)(=O)=O. The lowest BCUT2D eigenvalue weighted by Crippen LogP contribution is -2.52. The van der Waals surface area contributed by atoms with E-state index in [-0.39, 0.29) is 18.1 Å². The van der Waals surface area contributed by atoms with E-state index in [1.54, 1.807) is 31.2 Å². The predicted octanol–water partition coefficient (Wildman–Crippen LogP) is 3.10. The summed E-state index contributed by atoms with van der Waals surface area (Å²) in [5, 5.41) is 2.78. The van der Waals surface area contributed by atoms with Crippen LogP contribution in [0.2, 0.25) is 0 Å². The molecule has 0 heterocycles. The van der Waals surface area contributed by atoms with Crippen molar-refractivity contribution < 1.29 is 22.7 Å². The Morgan fingerprint density at radius 3 is 2.24 bits per heavy atom. The molecule has 1 atom stereocenters. The lowest BCUT2D eigenvalue weighted by molar-refractivity contribution is -0.140. The number of para-hydroxylation sites is 2. The van der Waals surface area contributed by atoms with Crippen molar-refractivity contribution in [1.82, 2.24) is 10.2 Å². The molecule has 186 valence electrons. The number of benzene rings is 2. The van der Waals surface area contributed by atoms with Gasteiger partial charge < -0.3 is 15.0 Å². The minimum atomic E-state index is -3.82. The number of hydrogen-bond acceptors (Lipinski definition) is 5. The number of hydrogen-bond donors (Lipinski definition) is 1. The summed E-state index contributed by atoms with van der Waals surface area (Å²) in [4.78, 5) is 27.9. The van der Waals surface area contributed by atoms with E-state index in [4.69, 9.17) is 4.74 Å². The van der Waals surface area contributed by atoms with E-state index in [1.807, 2.05) is 45.0 Å². The Morgan fingerprint density at radius 1 is 1.03 bits per heavy atom. The molecule has 9 heteroatoms. The topological polar surface area (TPSA) is 96.0 Å². The van der Waals surface area contributed by atoms with Crippen molar-refractivity contribution in [3.63, 3.8) is 0 Å². The van der Waals surface area contributed by atoms with Crippen LogP contribution in [0, 0.1) is 6.92 Å². The predicted molar refractivity (Wildman–Crippen MR) is 134 cm³/mol. The van der Waals surface area contributed by atoms with Gasteiger partial charge in [-0.1, -0.05) is 48.9 Å². The summed E-state index contributed by atoms with van der Waals surface area (Å²) in [6, 6.07) is 13.6. The Labute approximate surface area is 202 Å². The molecule has 2 amide bonds. The van der Waals surface area contributed by atoms with E-state index in [0.717, 1.165) is 21.7 Å². The van der Waals surface area contributed by atoms with Gasteiger partial charge in [0.15, 0.2) is 0 Å². The fraction of sp³-hybridized carbons (Fsp3) is 0.440. The number of ether oxygens (including phenoxy) is 1. The zero-order valence-electron chi connectivity index (χ0n) is 20.6. The highest BCUT2D eigenvalue weighted by Crippen LogP contribution is 2.30. The van der Waals surface area contributed by atoms with E-state index in [1.165, 1.54) is 4.90 Å². The minimum Gasteiger partial charge on any atom is -0.492 e. The van der Waals surface area contributed by atoms with Gasteiger partial charge in [0.1, 0.15) is 18.3 Å². The molecule has 0 spiro atoms. The molecular weight excluding hydrogens is 454 g/mol. The summed E-state index contributed by atoms with van der Waals surface area (Å²) < 4.78 is 32.1. The Bertz CT molecular complexity index is 1070. The first-order chi connectivity index (χ1) is 16.1. The highest BCUT2D eigenvalue weighted by atomic mass is 32.2. The number of sulfonamides is 1. The quantitative estimate of drug-likeness (QED) is 0.494. The van der Waals surface area contributed by atoms with Crippen molar-refractivity contribution in [3.8, 4) is 5.75 Å². The second-order valence-corrected chi connectivity index (χ2v) is 9.90. The van der Waals surface area contributed by atoms with E-state index in [9.17, 15) is 18.0 Å². The number of carbonyl (C=O) groups is 2. The van der Waals surface area contributed by atoms with E-state index in [2.05, 4.69) is 5.32 Å². The first-order valence-electron chi connectivity index (χ1n) is 11.4. The van der Waals surface area contributed by atoms with Crippen molar-refractivity contribution in [2.75, 3.05) is 30.3 Å². The molecule has 2 aromatic rings. The first-order valence-corrected chi connectivity index (χ1v) is 13.3. The van der Waals surface area contributed by atoms with E-state index >= 15 is 0 Å². The number of nitrogens with zero attached hydrogens (tertiary/aromatic N) is 2. The normalized spacial score (nSPS) is 12.0. The average molecular weight is 490 g/mol. The summed E-state index contributed by atoms with van der Waals surface area (Å²) in [5.74, 6) is -0.384. The molecule has 0 aliphatic carbocycles. The van der Waals surface area contributed by atoms with Crippen LogP contribution in [0.5, 0.6) is 5.75 Å². The molecule has 0 fully saturated rings. The maximum absolute atomic E-state index is 13.6. The lowest BCUT2D eigenvalue weighted by Gasteiger charge is -2.33. The van der Waals surface area contributed by atoms with Crippen molar-refractivity contribution in [2.45, 2.75) is 46.7 Å². The third kappa shape index (κ3) is 7.21. The molecule has 0 aliphatic heterocycles. The number of nitrogens with one attached hydrogen (secondary N) is 1. The third-order valence-corrected chi connectivity index (χ3v) is 6.45. The molecule has 0 radical (unpaired) electrons. The van der Waals surface area contributed by atoms with Gasteiger partial charge in [-0.05, 0) is 44.9 Å². The van der Waals surface area contributed by atoms with Gasteiger partial charge in [0, 0.05) is 13.1 Å². The number of amides is 2. The number of rotatable bonds is 12. The molecule has 1 unspecified atom stereocenters. The number of carbonyl (C=O) groups excluding carboxylic acids is 2. The maximum Gasteiger partial charge on any atom is 0.244 e. The summed E-state index contributed by atoms with van der Waals surface area (Å²) in [6.45, 7) is 7.91. The Morgan fingerprint density at radius 2 is 1.68 bits per heavy atom. The summed E-state index contributed by atoms with van der Waals surface area (Å²) in [7, 11) is -3.82. The molecule has 0 aromatic heterocycles. The van der Waals surface area contributed by atoms with E-state index < -0.39 is 28.5 Å². The van der Waals surface area contributed by atoms with Crippen molar-refractivity contribution in [2.24, 2.45) is 0 Å². The molecule has 34 heavy (non-hydrogen) atoms. The van der Waals surface area contributed by atoms with Crippen LogP contribution in [0.15, 0.2) is 48.5 Å². The van der Waals surface area contributed by atoms with Gasteiger partial charge in [-0.3, -0.25) is 13.9 Å². The Kier molecular flexibility index (Phi) is 9.92. The number of likely N-dealkylation sites (N-methyl/N-ethyl adjacent to an activating group) is 1. The van der Waals surface area contributed by atoms with Crippen molar-refractivity contribution in [3.05, 3.63) is 59.7 Å². The molecule has 0 bridgehead atoms. The van der Waals surface area contributed by atoms with Crippen molar-refractivity contribution in [1.29, 1.82) is 0 Å². The van der Waals surface area contributed by atoms with Crippen molar-refractivity contribution >= 4 is 27.5 Å². The third-order valence-electron chi connectivity index (χ3n) is 5.32. The molecule has 0 saturated heterocycles. The highest BCUT2D eigenvalue weighted by molar-refractivity contribution is 7.92. The highest BCUT2D eigenvalue weighted by Gasteiger charge is 2.32. The summed E-state index contributed by atoms with van der Waals surface area (Å²) in [5.41, 5.74) is 2.21. The van der Waals surface area contributed by atoms with Crippen LogP contribution in [-0.2, 0) is 26.2 Å². The monoisotopic (exact) mass is 489 g/mol. The zero-order valence-corrected chi connectivity index (χ0v) is 21.4. The van der Waals surface area contributed by atoms with Gasteiger partial charge in [0.25, 0.3) is 0 Å². The maximum atomic E-state index is 13.6. The second-order valence-electron chi connectivity index (χ2n) is 8.00. The second kappa shape index (κ2) is 12.4. The molecular formula is C25H35N3O5S. The van der Waals surface area contributed by atoms with Gasteiger partial charge in [-0.2, -0.15) is 0 Å². The smallest absolute Gasteiger partial charge is 0.244 e. The summed E-state index contributed by atoms with van der Waals surface area (Å²) in [6.07, 6.45) is 1.44. The van der Waals surface area contributed by atoms with Crippen LogP contribution in [0.1, 0.15) is 38.3 Å². The van der Waals surface area contributed by atoms with Gasteiger partial charge in [-0.25, -0.2) is 8.42 Å². The zero-order chi connectivity index (χ0) is 25.3. The van der Waals surface area contributed by atoms with Gasteiger partial charge in [0.2, 0.25) is 21.8 Å². The molecule has 0 saturated carbocycles. The first kappa shape index (κ1) is 27.2. The van der Waals surface area contributed by atoms with Crippen LogP contribution in [0.25, 0.3) is 0 Å². The van der Waals surface area contributed by atoms with Crippen LogP contribution in [0.4, 0.5) is 5.69 Å². The molecule has 2 aromatic carbocycles. The van der Waals surface area contributed by atoms with Crippen LogP contribution in [0.3, 0.4) is 0 Å². The Balaban J connectivity index is 2.46. The van der Waals surface area contributed by atoms with Gasteiger partial charge >= 0.3 is 0 Å². The van der Waals surface area contributed by atoms with Crippen LogP contribution >= 0.6 is 0 Å². The molecule has 1 N–H and O–H groups in total. The molecule has 0 aliphatic rings.